The number of benzene rings is 1. The fourth-order valence-corrected chi connectivity index (χ4v) is 5.14. The molecule has 2 aliphatic rings. The zero-order valence-electron chi connectivity index (χ0n) is 20.0. The maximum absolute atomic E-state index is 13.5. The van der Waals surface area contributed by atoms with Crippen molar-refractivity contribution in [2.75, 3.05) is 21.7 Å². The monoisotopic (exact) mass is 478 g/mol. The summed E-state index contributed by atoms with van der Waals surface area (Å²) in [6, 6.07) is 7.30. The fraction of sp³-hybridized carbons (Fsp3) is 0.370. The number of aromatic nitrogens is 1. The van der Waals surface area contributed by atoms with Crippen molar-refractivity contribution in [3.63, 3.8) is 0 Å². The smallest absolute Gasteiger partial charge is 0.272 e. The van der Waals surface area contributed by atoms with E-state index in [0.717, 1.165) is 49.1 Å². The fourth-order valence-electron chi connectivity index (χ4n) is 4.91. The number of fused-ring (bicyclic) bond motifs is 2. The van der Waals surface area contributed by atoms with Crippen molar-refractivity contribution in [1.82, 2.24) is 4.98 Å². The number of amides is 2. The number of anilines is 3. The molecule has 0 unspecified atom stereocenters. The van der Waals surface area contributed by atoms with Crippen LogP contribution >= 0.6 is 11.6 Å². The molecule has 0 spiro atoms. The van der Waals surface area contributed by atoms with Crippen LogP contribution in [0, 0.1) is 5.92 Å². The summed E-state index contributed by atoms with van der Waals surface area (Å²) < 4.78 is 0. The number of rotatable bonds is 7. The van der Waals surface area contributed by atoms with Crippen LogP contribution in [-0.2, 0) is 11.2 Å². The lowest BCUT2D eigenvalue weighted by atomic mass is 9.93. The molecular formula is C27H31ClN4O2. The van der Waals surface area contributed by atoms with E-state index >= 15 is 0 Å². The molecule has 1 aromatic carbocycles. The lowest BCUT2D eigenvalue weighted by molar-refractivity contribution is -0.113. The summed E-state index contributed by atoms with van der Waals surface area (Å²) in [6.45, 7) is 11.1. The van der Waals surface area contributed by atoms with E-state index in [0.29, 0.717) is 34.3 Å². The zero-order chi connectivity index (χ0) is 24.4. The highest BCUT2D eigenvalue weighted by Crippen LogP contribution is 2.43. The summed E-state index contributed by atoms with van der Waals surface area (Å²) in [5.41, 5.74) is 4.06. The van der Waals surface area contributed by atoms with Gasteiger partial charge in [0.2, 0.25) is 0 Å². The Hall–Kier alpha value is -3.12. The van der Waals surface area contributed by atoms with Gasteiger partial charge in [0.15, 0.2) is 0 Å². The van der Waals surface area contributed by atoms with Crippen molar-refractivity contribution in [3.05, 3.63) is 70.7 Å². The largest absolute Gasteiger partial charge is 0.319 e. The van der Waals surface area contributed by atoms with Gasteiger partial charge in [-0.1, -0.05) is 57.0 Å². The topological polar surface area (TPSA) is 65.5 Å². The number of carbonyl (C=O) groups is 2. The number of allylic oxidation sites excluding steroid dienone is 2. The van der Waals surface area contributed by atoms with E-state index in [1.807, 2.05) is 24.0 Å². The summed E-state index contributed by atoms with van der Waals surface area (Å²) in [5, 5.41) is 3.28. The van der Waals surface area contributed by atoms with Crippen LogP contribution in [0.4, 0.5) is 17.2 Å². The van der Waals surface area contributed by atoms with Gasteiger partial charge < -0.3 is 10.2 Å². The van der Waals surface area contributed by atoms with E-state index in [4.69, 9.17) is 11.6 Å². The standard InChI is InChI=1S/C27H31ClN4O2/c1-5-9-18(10-6-2)17(4)32-23(7-3)26(33)30-22-15-20(21(28)16-24(22)32)27(34)31-14-12-19-11-8-13-29-25(19)31/h7-8,11,13,15-16,18H,4-6,9-10,12,14H2,1-3H3,(H,30,33)/b23-7-. The number of hydrogen-bond donors (Lipinski definition) is 1. The van der Waals surface area contributed by atoms with Gasteiger partial charge >= 0.3 is 0 Å². The molecule has 34 heavy (non-hydrogen) atoms. The molecule has 6 nitrogen and oxygen atoms in total. The van der Waals surface area contributed by atoms with Crippen LogP contribution in [0.3, 0.4) is 0 Å². The maximum Gasteiger partial charge on any atom is 0.272 e. The first-order chi connectivity index (χ1) is 16.4. The molecule has 0 saturated carbocycles. The molecule has 1 aromatic heterocycles. The quantitative estimate of drug-likeness (QED) is 0.472. The van der Waals surface area contributed by atoms with Gasteiger partial charge in [-0.25, -0.2) is 4.98 Å². The molecule has 4 rings (SSSR count). The van der Waals surface area contributed by atoms with Gasteiger partial charge in [-0.2, -0.15) is 0 Å². The first kappa shape index (κ1) is 24.0. The van der Waals surface area contributed by atoms with E-state index in [-0.39, 0.29) is 17.7 Å². The Morgan fingerprint density at radius 1 is 1.29 bits per heavy atom. The van der Waals surface area contributed by atoms with Gasteiger partial charge in [0, 0.05) is 18.4 Å². The van der Waals surface area contributed by atoms with Crippen LogP contribution in [0.25, 0.3) is 0 Å². The average Bonchev–Trinajstić information content (AvgIpc) is 3.26. The molecule has 2 amide bonds. The highest BCUT2D eigenvalue weighted by atomic mass is 35.5. The minimum Gasteiger partial charge on any atom is -0.319 e. The molecule has 0 bridgehead atoms. The molecule has 0 aliphatic carbocycles. The Bertz CT molecular complexity index is 1170. The van der Waals surface area contributed by atoms with Crippen LogP contribution in [0.5, 0.6) is 0 Å². The Labute approximate surface area is 206 Å². The van der Waals surface area contributed by atoms with Gasteiger partial charge in [0.25, 0.3) is 11.8 Å². The number of nitrogens with zero attached hydrogens (tertiary/aromatic N) is 3. The number of carbonyl (C=O) groups excluding carboxylic acids is 2. The van der Waals surface area contributed by atoms with Crippen LogP contribution in [0.1, 0.15) is 62.4 Å². The molecule has 2 aliphatic heterocycles. The predicted molar refractivity (Wildman–Crippen MR) is 138 cm³/mol. The van der Waals surface area contributed by atoms with Crippen molar-refractivity contribution in [2.24, 2.45) is 5.92 Å². The third-order valence-electron chi connectivity index (χ3n) is 6.56. The van der Waals surface area contributed by atoms with Gasteiger partial charge in [0.1, 0.15) is 11.5 Å². The van der Waals surface area contributed by atoms with E-state index in [1.54, 1.807) is 29.3 Å². The van der Waals surface area contributed by atoms with Crippen molar-refractivity contribution >= 4 is 40.6 Å². The van der Waals surface area contributed by atoms with E-state index < -0.39 is 0 Å². The normalized spacial score (nSPS) is 16.0. The summed E-state index contributed by atoms with van der Waals surface area (Å²) >= 11 is 6.70. The third-order valence-corrected chi connectivity index (χ3v) is 6.87. The third kappa shape index (κ3) is 4.23. The van der Waals surface area contributed by atoms with Crippen molar-refractivity contribution in [1.29, 1.82) is 0 Å². The van der Waals surface area contributed by atoms with Crippen LogP contribution in [0.2, 0.25) is 5.02 Å². The lowest BCUT2D eigenvalue weighted by Crippen LogP contribution is -2.37. The predicted octanol–water partition coefficient (Wildman–Crippen LogP) is 6.33. The highest BCUT2D eigenvalue weighted by Gasteiger charge is 2.34. The van der Waals surface area contributed by atoms with E-state index in [1.165, 1.54) is 0 Å². The van der Waals surface area contributed by atoms with E-state index in [9.17, 15) is 9.59 Å². The second kappa shape index (κ2) is 10.0. The summed E-state index contributed by atoms with van der Waals surface area (Å²) in [5.74, 6) is 0.461. The van der Waals surface area contributed by atoms with Crippen LogP contribution < -0.4 is 15.1 Å². The van der Waals surface area contributed by atoms with Gasteiger partial charge in [-0.05, 0) is 55.9 Å². The van der Waals surface area contributed by atoms with Crippen molar-refractivity contribution in [2.45, 2.75) is 52.9 Å². The Morgan fingerprint density at radius 3 is 2.71 bits per heavy atom. The Balaban J connectivity index is 1.75. The number of hydrogen-bond acceptors (Lipinski definition) is 4. The maximum atomic E-state index is 13.5. The lowest BCUT2D eigenvalue weighted by Gasteiger charge is -2.37. The minimum atomic E-state index is -0.225. The molecule has 2 aromatic rings. The molecular weight excluding hydrogens is 448 g/mol. The SMILES string of the molecule is C=C(C(CCC)CCC)N1/C(=C\C)C(=O)Nc2cc(C(=O)N3CCc4cccnc43)c(Cl)cc21. The summed E-state index contributed by atoms with van der Waals surface area (Å²) in [4.78, 5) is 34.4. The molecule has 0 fully saturated rings. The number of halogens is 1. The molecule has 7 heteroatoms. The Morgan fingerprint density at radius 2 is 2.03 bits per heavy atom. The summed E-state index contributed by atoms with van der Waals surface area (Å²) in [7, 11) is 0. The molecule has 1 N–H and O–H groups in total. The first-order valence-corrected chi connectivity index (χ1v) is 12.3. The highest BCUT2D eigenvalue weighted by molar-refractivity contribution is 6.35. The average molecular weight is 479 g/mol. The molecule has 3 heterocycles. The Kier molecular flexibility index (Phi) is 7.08. The molecule has 178 valence electrons. The van der Waals surface area contributed by atoms with Gasteiger partial charge in [0.05, 0.1) is 22.0 Å². The summed E-state index contributed by atoms with van der Waals surface area (Å²) in [6.07, 6.45) is 8.26. The second-order valence-corrected chi connectivity index (χ2v) is 9.18. The second-order valence-electron chi connectivity index (χ2n) is 8.77. The van der Waals surface area contributed by atoms with Crippen molar-refractivity contribution < 1.29 is 9.59 Å². The minimum absolute atomic E-state index is 0.225. The first-order valence-electron chi connectivity index (χ1n) is 12.0. The molecule has 0 atom stereocenters. The number of nitrogens with one attached hydrogen (secondary N) is 1. The van der Waals surface area contributed by atoms with Gasteiger partial charge in [-0.15, -0.1) is 0 Å². The zero-order valence-corrected chi connectivity index (χ0v) is 20.8. The van der Waals surface area contributed by atoms with Crippen molar-refractivity contribution in [3.8, 4) is 0 Å². The molecule has 0 saturated heterocycles. The van der Waals surface area contributed by atoms with E-state index in [2.05, 4.69) is 30.7 Å². The number of pyridine rings is 1. The molecule has 0 radical (unpaired) electrons. The van der Waals surface area contributed by atoms with Gasteiger partial charge in [-0.3, -0.25) is 14.5 Å². The van der Waals surface area contributed by atoms with Crippen LogP contribution in [0.15, 0.2) is 54.5 Å². The van der Waals surface area contributed by atoms with Crippen LogP contribution in [-0.4, -0.2) is 23.3 Å².